The van der Waals surface area contributed by atoms with Crippen LogP contribution in [0.2, 0.25) is 0 Å². The molecule has 0 saturated heterocycles. The molecule has 0 aromatic heterocycles. The highest BCUT2D eigenvalue weighted by Gasteiger charge is 2.62. The van der Waals surface area contributed by atoms with Gasteiger partial charge in [0, 0.05) is 22.5 Å². The number of benzene rings is 1. The first-order valence-electron chi connectivity index (χ1n) is 9.19. The Bertz CT molecular complexity index is 778. The van der Waals surface area contributed by atoms with Crippen molar-refractivity contribution in [3.05, 3.63) is 52.0 Å². The van der Waals surface area contributed by atoms with E-state index in [1.807, 2.05) is 26.0 Å². The maximum Gasteiger partial charge on any atom is 0.330 e. The predicted molar refractivity (Wildman–Crippen MR) is 107 cm³/mol. The summed E-state index contributed by atoms with van der Waals surface area (Å²) < 4.78 is 12.4. The van der Waals surface area contributed by atoms with Gasteiger partial charge in [0.2, 0.25) is 0 Å². The number of carbonyl (C=O) groups excluding carboxylic acids is 1. The molecule has 1 aliphatic carbocycles. The maximum absolute atomic E-state index is 11.5. The van der Waals surface area contributed by atoms with Gasteiger partial charge in [0.15, 0.2) is 0 Å². The normalized spacial score (nSPS) is 29.4. The Labute approximate surface area is 164 Å². The Morgan fingerprint density at radius 3 is 2.77 bits per heavy atom. The summed E-state index contributed by atoms with van der Waals surface area (Å²) in [6.07, 6.45) is 7.01. The predicted octanol–water partition coefficient (Wildman–Crippen LogP) is 5.58. The molecule has 26 heavy (non-hydrogen) atoms. The lowest BCUT2D eigenvalue weighted by Crippen LogP contribution is -2.39. The molecular formula is C22H27BrO3. The minimum absolute atomic E-state index is 0.0354. The minimum atomic E-state index is -0.284. The van der Waals surface area contributed by atoms with Gasteiger partial charge >= 0.3 is 5.97 Å². The average molecular weight is 419 g/mol. The fourth-order valence-corrected chi connectivity index (χ4v) is 4.65. The van der Waals surface area contributed by atoms with Gasteiger partial charge < -0.3 is 9.47 Å². The van der Waals surface area contributed by atoms with Crippen LogP contribution in [0.3, 0.4) is 0 Å². The molecule has 1 fully saturated rings. The number of ether oxygens (including phenoxy) is 2. The molecule has 1 saturated carbocycles. The van der Waals surface area contributed by atoms with Crippen LogP contribution in [0.15, 0.2) is 46.5 Å². The van der Waals surface area contributed by atoms with Crippen LogP contribution in [-0.4, -0.2) is 18.7 Å². The number of halogens is 1. The Kier molecular flexibility index (Phi) is 5.08. The molecule has 1 aromatic rings. The summed E-state index contributed by atoms with van der Waals surface area (Å²) >= 11 is 3.62. The van der Waals surface area contributed by atoms with Gasteiger partial charge in [-0.15, -0.1) is 0 Å². The number of carbonyl (C=O) groups is 1. The van der Waals surface area contributed by atoms with E-state index in [4.69, 9.17) is 9.47 Å². The molecule has 0 bridgehead atoms. The van der Waals surface area contributed by atoms with E-state index in [-0.39, 0.29) is 22.9 Å². The molecule has 0 radical (unpaired) electrons. The van der Waals surface area contributed by atoms with Crippen molar-refractivity contribution < 1.29 is 14.3 Å². The highest BCUT2D eigenvalue weighted by atomic mass is 79.9. The fraction of sp³-hybridized carbons (Fsp3) is 0.500. The first kappa shape index (κ1) is 19.2. The number of fused-ring (bicyclic) bond motifs is 1. The Morgan fingerprint density at radius 2 is 2.12 bits per heavy atom. The summed E-state index contributed by atoms with van der Waals surface area (Å²) in [5.74, 6) is 1.15. The van der Waals surface area contributed by atoms with Gasteiger partial charge in [0.05, 0.1) is 11.1 Å². The molecule has 1 aromatic carbocycles. The quantitative estimate of drug-likeness (QED) is 0.355. The number of hydrogen-bond donors (Lipinski definition) is 0. The lowest BCUT2D eigenvalue weighted by atomic mass is 9.74. The van der Waals surface area contributed by atoms with Crippen molar-refractivity contribution in [3.8, 4) is 5.75 Å². The van der Waals surface area contributed by atoms with Gasteiger partial charge in [-0.2, -0.15) is 0 Å². The number of hydrogen-bond acceptors (Lipinski definition) is 3. The Morgan fingerprint density at radius 1 is 1.38 bits per heavy atom. The van der Waals surface area contributed by atoms with Crippen LogP contribution >= 0.6 is 15.9 Å². The van der Waals surface area contributed by atoms with Crippen LogP contribution in [-0.2, 0) is 14.9 Å². The van der Waals surface area contributed by atoms with Gasteiger partial charge in [0.25, 0.3) is 0 Å². The van der Waals surface area contributed by atoms with Gasteiger partial charge in [-0.3, -0.25) is 0 Å². The SMILES string of the molecule is CCOC(=O)C=C(C)C=C[C@@H]1C[C@]1(C)C1Oc2c(Br)cccc2C1(C)C. The van der Waals surface area contributed by atoms with E-state index in [1.54, 1.807) is 6.08 Å². The third-order valence-electron chi connectivity index (χ3n) is 5.72. The summed E-state index contributed by atoms with van der Waals surface area (Å²) in [7, 11) is 0. The summed E-state index contributed by atoms with van der Waals surface area (Å²) in [5, 5.41) is 0. The number of para-hydroxylation sites is 1. The highest BCUT2D eigenvalue weighted by molar-refractivity contribution is 9.10. The van der Waals surface area contributed by atoms with Crippen molar-refractivity contribution >= 4 is 21.9 Å². The maximum atomic E-state index is 11.5. The zero-order valence-corrected chi connectivity index (χ0v) is 17.7. The molecular weight excluding hydrogens is 392 g/mol. The molecule has 3 rings (SSSR count). The summed E-state index contributed by atoms with van der Waals surface area (Å²) in [6, 6.07) is 6.28. The molecule has 0 spiro atoms. The monoisotopic (exact) mass is 418 g/mol. The second-order valence-corrected chi connectivity index (χ2v) is 9.01. The van der Waals surface area contributed by atoms with Crippen molar-refractivity contribution in [2.45, 2.75) is 52.6 Å². The molecule has 1 unspecified atom stereocenters. The number of rotatable bonds is 5. The van der Waals surface area contributed by atoms with E-state index in [9.17, 15) is 4.79 Å². The molecule has 140 valence electrons. The molecule has 0 N–H and O–H groups in total. The summed E-state index contributed by atoms with van der Waals surface area (Å²) in [6.45, 7) is 11.0. The van der Waals surface area contributed by atoms with E-state index in [2.05, 4.69) is 54.9 Å². The summed E-state index contributed by atoms with van der Waals surface area (Å²) in [5.41, 5.74) is 2.25. The smallest absolute Gasteiger partial charge is 0.330 e. The van der Waals surface area contributed by atoms with Crippen molar-refractivity contribution in [1.82, 2.24) is 0 Å². The molecule has 4 heteroatoms. The first-order chi connectivity index (χ1) is 12.2. The second kappa shape index (κ2) is 6.88. The van der Waals surface area contributed by atoms with E-state index in [0.29, 0.717) is 12.5 Å². The van der Waals surface area contributed by atoms with Crippen molar-refractivity contribution in [2.75, 3.05) is 6.61 Å². The molecule has 3 atom stereocenters. The van der Waals surface area contributed by atoms with Crippen LogP contribution in [0.4, 0.5) is 0 Å². The molecule has 2 aliphatic rings. The molecule has 0 amide bonds. The van der Waals surface area contributed by atoms with E-state index in [1.165, 1.54) is 5.56 Å². The Hall–Kier alpha value is -1.55. The van der Waals surface area contributed by atoms with Gasteiger partial charge in [0.1, 0.15) is 11.9 Å². The zero-order chi connectivity index (χ0) is 19.1. The zero-order valence-electron chi connectivity index (χ0n) is 16.1. The minimum Gasteiger partial charge on any atom is -0.487 e. The van der Waals surface area contributed by atoms with Crippen LogP contribution < -0.4 is 4.74 Å². The standard InChI is InChI=1S/C22H27BrO3/c1-6-25-18(24)12-14(2)10-11-15-13-22(15,5)20-21(3,4)16-8-7-9-17(23)19(16)26-20/h7-12,15,20H,6,13H2,1-5H3/t15-,20?,22+/m1/s1. The van der Waals surface area contributed by atoms with E-state index in [0.717, 1.165) is 22.2 Å². The summed E-state index contributed by atoms with van der Waals surface area (Å²) in [4.78, 5) is 11.5. The molecule has 1 aliphatic heterocycles. The van der Waals surface area contributed by atoms with Crippen molar-refractivity contribution in [3.63, 3.8) is 0 Å². The lowest BCUT2D eigenvalue weighted by molar-refractivity contribution is -0.137. The fourth-order valence-electron chi connectivity index (χ4n) is 4.19. The average Bonchev–Trinajstić information content (AvgIpc) is 3.13. The number of allylic oxidation sites excluding steroid dienone is 3. The highest BCUT2D eigenvalue weighted by Crippen LogP contribution is 2.63. The molecule has 1 heterocycles. The van der Waals surface area contributed by atoms with Crippen molar-refractivity contribution in [2.24, 2.45) is 11.3 Å². The van der Waals surface area contributed by atoms with Gasteiger partial charge in [-0.05, 0) is 53.8 Å². The van der Waals surface area contributed by atoms with Crippen LogP contribution in [0.25, 0.3) is 0 Å². The largest absolute Gasteiger partial charge is 0.487 e. The van der Waals surface area contributed by atoms with Crippen molar-refractivity contribution in [1.29, 1.82) is 0 Å². The lowest BCUT2D eigenvalue weighted by Gasteiger charge is -2.31. The second-order valence-electron chi connectivity index (χ2n) is 8.15. The van der Waals surface area contributed by atoms with E-state index >= 15 is 0 Å². The molecule has 3 nitrogen and oxygen atoms in total. The first-order valence-corrected chi connectivity index (χ1v) is 9.98. The van der Waals surface area contributed by atoms with Crippen LogP contribution in [0.5, 0.6) is 5.75 Å². The van der Waals surface area contributed by atoms with E-state index < -0.39 is 0 Å². The third-order valence-corrected chi connectivity index (χ3v) is 6.35. The third kappa shape index (κ3) is 3.36. The topological polar surface area (TPSA) is 35.5 Å². The number of esters is 1. The van der Waals surface area contributed by atoms with Gasteiger partial charge in [-0.25, -0.2) is 4.79 Å². The van der Waals surface area contributed by atoms with Gasteiger partial charge in [-0.1, -0.05) is 45.1 Å². The van der Waals surface area contributed by atoms with Crippen LogP contribution in [0.1, 0.15) is 46.6 Å². The Balaban J connectivity index is 1.73. The van der Waals surface area contributed by atoms with Crippen LogP contribution in [0, 0.1) is 11.3 Å².